The maximum atomic E-state index is 11.7. The van der Waals surface area contributed by atoms with Crippen LogP contribution in [0.4, 0.5) is 0 Å². The number of hydrogen-bond acceptors (Lipinski definition) is 4. The number of ether oxygens (including phenoxy) is 2. The Kier molecular flexibility index (Phi) is 3.06. The largest absolute Gasteiger partial charge is 0.454 e. The van der Waals surface area contributed by atoms with E-state index < -0.39 is 0 Å². The van der Waals surface area contributed by atoms with Crippen LogP contribution in [0.15, 0.2) is 30.5 Å². The summed E-state index contributed by atoms with van der Waals surface area (Å²) in [4.78, 5) is 11.7. The van der Waals surface area contributed by atoms with Gasteiger partial charge in [0.05, 0.1) is 6.42 Å². The van der Waals surface area contributed by atoms with E-state index in [-0.39, 0.29) is 12.7 Å². The number of aromatic nitrogens is 2. The summed E-state index contributed by atoms with van der Waals surface area (Å²) in [6.45, 7) is 0.717. The van der Waals surface area contributed by atoms with Gasteiger partial charge in [0.2, 0.25) is 12.7 Å². The van der Waals surface area contributed by atoms with Crippen LogP contribution >= 0.6 is 0 Å². The van der Waals surface area contributed by atoms with E-state index in [9.17, 15) is 4.79 Å². The molecule has 1 amide bonds. The first-order valence-electron chi connectivity index (χ1n) is 5.95. The van der Waals surface area contributed by atoms with Gasteiger partial charge in [0.1, 0.15) is 0 Å². The number of carbonyl (C=O) groups is 1. The number of nitrogens with zero attached hydrogens (tertiary/aromatic N) is 1. The normalized spacial score (nSPS) is 12.4. The van der Waals surface area contributed by atoms with Gasteiger partial charge in [-0.05, 0) is 23.8 Å². The highest BCUT2D eigenvalue weighted by Crippen LogP contribution is 2.32. The van der Waals surface area contributed by atoms with Crippen molar-refractivity contribution in [3.8, 4) is 11.5 Å². The Morgan fingerprint density at radius 1 is 1.32 bits per heavy atom. The first-order chi connectivity index (χ1) is 9.31. The van der Waals surface area contributed by atoms with Crippen LogP contribution < -0.4 is 14.8 Å². The maximum absolute atomic E-state index is 11.7. The summed E-state index contributed by atoms with van der Waals surface area (Å²) in [6.07, 6.45) is 1.92. The van der Waals surface area contributed by atoms with E-state index in [4.69, 9.17) is 9.47 Å². The first-order valence-corrected chi connectivity index (χ1v) is 5.95. The van der Waals surface area contributed by atoms with Crippen LogP contribution in [-0.4, -0.2) is 22.9 Å². The van der Waals surface area contributed by atoms with Gasteiger partial charge in [0.15, 0.2) is 11.5 Å². The van der Waals surface area contributed by atoms with Crippen molar-refractivity contribution in [1.29, 1.82) is 0 Å². The molecule has 0 bridgehead atoms. The molecule has 6 nitrogen and oxygen atoms in total. The molecular weight excluding hydrogens is 246 g/mol. The van der Waals surface area contributed by atoms with Crippen LogP contribution in [0.25, 0.3) is 0 Å². The van der Waals surface area contributed by atoms with Gasteiger partial charge in [-0.3, -0.25) is 9.89 Å². The van der Waals surface area contributed by atoms with Crippen molar-refractivity contribution in [3.05, 3.63) is 41.7 Å². The lowest BCUT2D eigenvalue weighted by atomic mass is 10.2. The molecular formula is C13H13N3O3. The molecule has 0 saturated carbocycles. The molecule has 1 aliphatic rings. The van der Waals surface area contributed by atoms with E-state index in [0.29, 0.717) is 13.0 Å². The van der Waals surface area contributed by atoms with Gasteiger partial charge >= 0.3 is 0 Å². The number of aromatic amines is 1. The summed E-state index contributed by atoms with van der Waals surface area (Å²) in [7, 11) is 0. The Hall–Kier alpha value is -2.50. The SMILES string of the molecule is O=C(Cc1ccn[nH]1)NCc1ccc2c(c1)OCO2. The van der Waals surface area contributed by atoms with Gasteiger partial charge in [0.25, 0.3) is 0 Å². The second kappa shape index (κ2) is 5.01. The lowest BCUT2D eigenvalue weighted by Gasteiger charge is -2.05. The molecule has 1 aliphatic heterocycles. The van der Waals surface area contributed by atoms with Gasteiger partial charge in [-0.15, -0.1) is 0 Å². The van der Waals surface area contributed by atoms with Crippen molar-refractivity contribution in [2.45, 2.75) is 13.0 Å². The molecule has 0 atom stereocenters. The van der Waals surface area contributed by atoms with Crippen LogP contribution in [0.2, 0.25) is 0 Å². The van der Waals surface area contributed by atoms with E-state index in [0.717, 1.165) is 22.8 Å². The number of benzene rings is 1. The monoisotopic (exact) mass is 259 g/mol. The lowest BCUT2D eigenvalue weighted by molar-refractivity contribution is -0.120. The third-order valence-corrected chi connectivity index (χ3v) is 2.84. The topological polar surface area (TPSA) is 76.2 Å². The molecule has 2 aromatic rings. The predicted molar refractivity (Wildman–Crippen MR) is 66.7 cm³/mol. The van der Waals surface area contributed by atoms with Gasteiger partial charge in [0, 0.05) is 18.4 Å². The number of nitrogens with one attached hydrogen (secondary N) is 2. The third kappa shape index (κ3) is 2.67. The Labute approximate surface area is 109 Å². The second-order valence-corrected chi connectivity index (χ2v) is 4.22. The quantitative estimate of drug-likeness (QED) is 0.858. The Morgan fingerprint density at radius 2 is 2.21 bits per heavy atom. The van der Waals surface area contributed by atoms with Crippen LogP contribution in [0.1, 0.15) is 11.3 Å². The number of hydrogen-bond donors (Lipinski definition) is 2. The average molecular weight is 259 g/mol. The summed E-state index contributed by atoms with van der Waals surface area (Å²) < 4.78 is 10.5. The molecule has 0 spiro atoms. The molecule has 0 fully saturated rings. The first kappa shape index (κ1) is 11.6. The zero-order chi connectivity index (χ0) is 13.1. The van der Waals surface area contributed by atoms with Crippen LogP contribution in [-0.2, 0) is 17.8 Å². The van der Waals surface area contributed by atoms with Crippen molar-refractivity contribution in [2.24, 2.45) is 0 Å². The molecule has 0 aliphatic carbocycles. The highest BCUT2D eigenvalue weighted by Gasteiger charge is 2.13. The van der Waals surface area contributed by atoms with E-state index in [1.807, 2.05) is 18.2 Å². The Bertz CT molecular complexity index is 581. The van der Waals surface area contributed by atoms with Gasteiger partial charge < -0.3 is 14.8 Å². The summed E-state index contributed by atoms with van der Waals surface area (Å²) in [5.74, 6) is 1.41. The molecule has 3 rings (SSSR count). The molecule has 19 heavy (non-hydrogen) atoms. The molecule has 6 heteroatoms. The second-order valence-electron chi connectivity index (χ2n) is 4.22. The van der Waals surface area contributed by atoms with Crippen molar-refractivity contribution in [1.82, 2.24) is 15.5 Å². The van der Waals surface area contributed by atoms with E-state index in [1.165, 1.54) is 0 Å². The molecule has 0 unspecified atom stereocenters. The Balaban J connectivity index is 1.56. The third-order valence-electron chi connectivity index (χ3n) is 2.84. The van der Waals surface area contributed by atoms with Crippen LogP contribution in [0, 0.1) is 0 Å². The summed E-state index contributed by atoms with van der Waals surface area (Å²) in [6, 6.07) is 7.40. The summed E-state index contributed by atoms with van der Waals surface area (Å²) >= 11 is 0. The zero-order valence-corrected chi connectivity index (χ0v) is 10.2. The van der Waals surface area contributed by atoms with Crippen molar-refractivity contribution >= 4 is 5.91 Å². The smallest absolute Gasteiger partial charge is 0.231 e. The molecule has 0 radical (unpaired) electrons. The molecule has 2 heterocycles. The number of rotatable bonds is 4. The average Bonchev–Trinajstić information content (AvgIpc) is 3.06. The number of H-pyrrole nitrogens is 1. The van der Waals surface area contributed by atoms with Crippen LogP contribution in [0.5, 0.6) is 11.5 Å². The highest BCUT2D eigenvalue weighted by molar-refractivity contribution is 5.78. The van der Waals surface area contributed by atoms with E-state index in [2.05, 4.69) is 15.5 Å². The summed E-state index contributed by atoms with van der Waals surface area (Å²) in [5.41, 5.74) is 1.77. The highest BCUT2D eigenvalue weighted by atomic mass is 16.7. The fourth-order valence-corrected chi connectivity index (χ4v) is 1.87. The van der Waals surface area contributed by atoms with Crippen molar-refractivity contribution < 1.29 is 14.3 Å². The van der Waals surface area contributed by atoms with Crippen molar-refractivity contribution in [2.75, 3.05) is 6.79 Å². The minimum Gasteiger partial charge on any atom is -0.454 e. The van der Waals surface area contributed by atoms with Gasteiger partial charge in [-0.2, -0.15) is 5.10 Å². The molecule has 0 saturated heterocycles. The lowest BCUT2D eigenvalue weighted by Crippen LogP contribution is -2.24. The number of carbonyl (C=O) groups excluding carboxylic acids is 1. The minimum absolute atomic E-state index is 0.0538. The molecule has 1 aromatic heterocycles. The predicted octanol–water partition coefficient (Wildman–Crippen LogP) is 0.997. The zero-order valence-electron chi connectivity index (χ0n) is 10.2. The van der Waals surface area contributed by atoms with Crippen molar-refractivity contribution in [3.63, 3.8) is 0 Å². The minimum atomic E-state index is -0.0538. The van der Waals surface area contributed by atoms with Gasteiger partial charge in [-0.1, -0.05) is 6.07 Å². The fourth-order valence-electron chi connectivity index (χ4n) is 1.87. The van der Waals surface area contributed by atoms with E-state index >= 15 is 0 Å². The fraction of sp³-hybridized carbons (Fsp3) is 0.231. The standard InChI is InChI=1S/C13H13N3O3/c17-13(6-10-3-4-15-16-10)14-7-9-1-2-11-12(5-9)19-8-18-11/h1-5H,6-8H2,(H,14,17)(H,15,16). The van der Waals surface area contributed by atoms with Crippen LogP contribution in [0.3, 0.4) is 0 Å². The number of fused-ring (bicyclic) bond motifs is 1. The number of amides is 1. The maximum Gasteiger partial charge on any atom is 0.231 e. The molecule has 2 N–H and O–H groups in total. The molecule has 98 valence electrons. The molecule has 1 aromatic carbocycles. The summed E-state index contributed by atoms with van der Waals surface area (Å²) in [5, 5.41) is 9.40. The van der Waals surface area contributed by atoms with Gasteiger partial charge in [-0.25, -0.2) is 0 Å². The Morgan fingerprint density at radius 3 is 3.05 bits per heavy atom. The van der Waals surface area contributed by atoms with E-state index in [1.54, 1.807) is 12.3 Å².